The Balaban J connectivity index is 1.36. The Morgan fingerprint density at radius 1 is 1.11 bits per heavy atom. The number of halogens is 1. The summed E-state index contributed by atoms with van der Waals surface area (Å²) in [5, 5.41) is 26.0. The lowest BCUT2D eigenvalue weighted by molar-refractivity contribution is 0.141. The minimum absolute atomic E-state index is 0.0156. The first kappa shape index (κ1) is 25.5. The molecule has 0 saturated carbocycles. The van der Waals surface area contributed by atoms with Crippen LogP contribution in [0.15, 0.2) is 58.9 Å². The van der Waals surface area contributed by atoms with E-state index in [2.05, 4.69) is 27.4 Å². The lowest BCUT2D eigenvalue weighted by Gasteiger charge is -2.15. The number of ether oxygens (including phenoxy) is 2. The van der Waals surface area contributed by atoms with Gasteiger partial charge >= 0.3 is 0 Å². The summed E-state index contributed by atoms with van der Waals surface area (Å²) in [7, 11) is 0. The van der Waals surface area contributed by atoms with Gasteiger partial charge in [0.05, 0.1) is 24.5 Å². The molecule has 0 bridgehead atoms. The van der Waals surface area contributed by atoms with Crippen LogP contribution in [0.1, 0.15) is 23.2 Å². The van der Waals surface area contributed by atoms with Crippen LogP contribution in [0, 0.1) is 28.5 Å². The number of hydrogen-bond acceptors (Lipinski definition) is 10. The molecule has 3 N–H and O–H groups in total. The van der Waals surface area contributed by atoms with E-state index in [1.54, 1.807) is 12.1 Å². The highest BCUT2D eigenvalue weighted by molar-refractivity contribution is 7.98. The van der Waals surface area contributed by atoms with Gasteiger partial charge in [-0.1, -0.05) is 23.9 Å². The average Bonchev–Trinajstić information content (AvgIpc) is 3.61. The number of anilines is 3. The topological polar surface area (TPSA) is 130 Å². The number of pyridine rings is 1. The van der Waals surface area contributed by atoms with E-state index >= 15 is 0 Å². The van der Waals surface area contributed by atoms with Crippen molar-refractivity contribution in [2.75, 3.05) is 24.3 Å². The van der Waals surface area contributed by atoms with Gasteiger partial charge in [0.2, 0.25) is 0 Å². The fourth-order valence-corrected chi connectivity index (χ4v) is 5.64. The van der Waals surface area contributed by atoms with Crippen molar-refractivity contribution >= 4 is 39.7 Å². The Labute approximate surface area is 226 Å². The van der Waals surface area contributed by atoms with Gasteiger partial charge in [0.25, 0.3) is 0 Å². The molecule has 1 fully saturated rings. The summed E-state index contributed by atoms with van der Waals surface area (Å²) < 4.78 is 24.4. The smallest absolute Gasteiger partial charge is 0.187 e. The number of nitrogen functional groups attached to an aromatic ring is 1. The van der Waals surface area contributed by atoms with E-state index in [1.807, 2.05) is 29.6 Å². The molecule has 1 aliphatic heterocycles. The molecule has 8 nitrogen and oxygen atoms in total. The first-order valence-corrected chi connectivity index (χ1v) is 13.5. The molecular formula is C27H21FN6O2S2. The summed E-state index contributed by atoms with van der Waals surface area (Å²) in [4.78, 5) is 8.93. The number of hydrogen-bond donors (Lipinski definition) is 2. The number of benzene rings is 2. The number of nitriles is 2. The predicted molar refractivity (Wildman–Crippen MR) is 145 cm³/mol. The van der Waals surface area contributed by atoms with Crippen molar-refractivity contribution in [3.8, 4) is 29.0 Å². The molecule has 38 heavy (non-hydrogen) atoms. The fraction of sp³-hybridized carbons (Fsp3) is 0.185. The van der Waals surface area contributed by atoms with Crippen LogP contribution < -0.4 is 15.8 Å². The van der Waals surface area contributed by atoms with E-state index < -0.39 is 0 Å². The van der Waals surface area contributed by atoms with Crippen LogP contribution in [0.2, 0.25) is 0 Å². The monoisotopic (exact) mass is 544 g/mol. The van der Waals surface area contributed by atoms with Crippen molar-refractivity contribution in [2.45, 2.75) is 23.3 Å². The van der Waals surface area contributed by atoms with Crippen LogP contribution in [0.3, 0.4) is 0 Å². The van der Waals surface area contributed by atoms with Gasteiger partial charge < -0.3 is 20.5 Å². The third-order valence-electron chi connectivity index (χ3n) is 5.75. The van der Waals surface area contributed by atoms with Crippen LogP contribution in [0.5, 0.6) is 5.75 Å². The van der Waals surface area contributed by atoms with E-state index in [-0.39, 0.29) is 28.9 Å². The largest absolute Gasteiger partial charge is 0.488 e. The molecule has 0 spiro atoms. The predicted octanol–water partition coefficient (Wildman–Crippen LogP) is 5.87. The van der Waals surface area contributed by atoms with E-state index in [9.17, 15) is 14.9 Å². The molecule has 2 aromatic heterocycles. The molecule has 190 valence electrons. The normalized spacial score (nSPS) is 14.6. The molecule has 5 rings (SSSR count). The number of thioether (sulfide) groups is 1. The number of nitrogens with zero attached hydrogens (tertiary/aromatic N) is 4. The van der Waals surface area contributed by atoms with Crippen molar-refractivity contribution in [3.63, 3.8) is 0 Å². The van der Waals surface area contributed by atoms with Gasteiger partial charge in [-0.15, -0.1) is 11.3 Å². The lowest BCUT2D eigenvalue weighted by atomic mass is 9.97. The first-order valence-electron chi connectivity index (χ1n) is 11.6. The van der Waals surface area contributed by atoms with E-state index in [1.165, 1.54) is 35.2 Å². The second-order valence-electron chi connectivity index (χ2n) is 8.34. The Morgan fingerprint density at radius 3 is 2.55 bits per heavy atom. The molecule has 2 aromatic carbocycles. The third kappa shape index (κ3) is 5.71. The van der Waals surface area contributed by atoms with Crippen LogP contribution >= 0.6 is 23.1 Å². The van der Waals surface area contributed by atoms with Crippen molar-refractivity contribution < 1.29 is 13.9 Å². The van der Waals surface area contributed by atoms with Crippen molar-refractivity contribution in [1.82, 2.24) is 9.97 Å². The third-order valence-corrected chi connectivity index (χ3v) is 7.57. The van der Waals surface area contributed by atoms with Gasteiger partial charge in [-0.25, -0.2) is 14.4 Å². The van der Waals surface area contributed by atoms with E-state index in [0.29, 0.717) is 46.0 Å². The standard InChI is InChI=1S/C27H21FN6O2S2/c28-17-3-5-18(6-4-17)32-27-33-19(15-38-27)14-37-26-23(12-30)24(22(11-29)25(31)34-26)16-1-7-20(8-2-16)36-21-9-10-35-13-21/h1-8,15,21H,9-10,13-14H2,(H2,31,34)(H,32,33)/t21-/m1/s1. The second-order valence-corrected chi connectivity index (χ2v) is 10.2. The van der Waals surface area contributed by atoms with Gasteiger partial charge in [-0.05, 0) is 42.0 Å². The molecule has 11 heteroatoms. The van der Waals surface area contributed by atoms with Crippen molar-refractivity contribution in [2.24, 2.45) is 0 Å². The SMILES string of the molecule is N#Cc1c(N)nc(SCc2csc(Nc3ccc(F)cc3)n2)c(C#N)c1-c1ccc(O[C@@H]2CCOC2)cc1. The zero-order valence-corrected chi connectivity index (χ0v) is 21.6. The minimum atomic E-state index is -0.308. The van der Waals surface area contributed by atoms with Gasteiger partial charge in [0, 0.05) is 28.8 Å². The van der Waals surface area contributed by atoms with Crippen molar-refractivity contribution in [1.29, 1.82) is 10.5 Å². The summed E-state index contributed by atoms with van der Waals surface area (Å²) in [5.41, 5.74) is 9.20. The molecular weight excluding hydrogens is 523 g/mol. The van der Waals surface area contributed by atoms with Crippen molar-refractivity contribution in [3.05, 3.63) is 76.5 Å². The van der Waals surface area contributed by atoms with Crippen LogP contribution in [-0.4, -0.2) is 29.3 Å². The lowest BCUT2D eigenvalue weighted by Crippen LogP contribution is -2.15. The maximum atomic E-state index is 13.1. The van der Waals surface area contributed by atoms with E-state index in [0.717, 1.165) is 17.8 Å². The first-order chi connectivity index (χ1) is 18.5. The summed E-state index contributed by atoms with van der Waals surface area (Å²) in [6.45, 7) is 1.24. The molecule has 0 aliphatic carbocycles. The maximum Gasteiger partial charge on any atom is 0.187 e. The summed E-state index contributed by atoms with van der Waals surface area (Å²) in [6, 6.07) is 17.6. The van der Waals surface area contributed by atoms with Gasteiger partial charge in [-0.3, -0.25) is 0 Å². The molecule has 3 heterocycles. The zero-order valence-electron chi connectivity index (χ0n) is 20.0. The number of aromatic nitrogens is 2. The van der Waals surface area contributed by atoms with Crippen LogP contribution in [0.4, 0.5) is 21.0 Å². The number of nitrogens with two attached hydrogens (primary N) is 1. The Bertz CT molecular complexity index is 1520. The Kier molecular flexibility index (Phi) is 7.70. The number of nitrogens with one attached hydrogen (secondary N) is 1. The Morgan fingerprint density at radius 2 is 1.87 bits per heavy atom. The number of rotatable bonds is 8. The molecule has 1 saturated heterocycles. The quantitative estimate of drug-likeness (QED) is 0.261. The maximum absolute atomic E-state index is 13.1. The Hall–Kier alpha value is -4.16. The second kappa shape index (κ2) is 11.5. The molecule has 4 aromatic rings. The van der Waals surface area contributed by atoms with Crippen LogP contribution in [-0.2, 0) is 10.5 Å². The summed E-state index contributed by atoms with van der Waals surface area (Å²) in [6.07, 6.45) is 0.852. The average molecular weight is 545 g/mol. The molecule has 0 amide bonds. The minimum Gasteiger partial charge on any atom is -0.488 e. The fourth-order valence-electron chi connectivity index (χ4n) is 3.92. The molecule has 0 unspecified atom stereocenters. The molecule has 1 aliphatic rings. The summed E-state index contributed by atoms with van der Waals surface area (Å²) >= 11 is 2.73. The van der Waals surface area contributed by atoms with Crippen LogP contribution in [0.25, 0.3) is 11.1 Å². The zero-order chi connectivity index (χ0) is 26.5. The van der Waals surface area contributed by atoms with Gasteiger partial charge in [-0.2, -0.15) is 10.5 Å². The molecule has 1 atom stereocenters. The van der Waals surface area contributed by atoms with E-state index in [4.69, 9.17) is 15.2 Å². The summed E-state index contributed by atoms with van der Waals surface area (Å²) in [5.74, 6) is 0.873. The van der Waals surface area contributed by atoms with Gasteiger partial charge in [0.15, 0.2) is 5.13 Å². The highest BCUT2D eigenvalue weighted by atomic mass is 32.2. The highest BCUT2D eigenvalue weighted by Crippen LogP contribution is 2.37. The number of thiazole rings is 1. The highest BCUT2D eigenvalue weighted by Gasteiger charge is 2.22. The molecule has 0 radical (unpaired) electrons. The van der Waals surface area contributed by atoms with Gasteiger partial charge in [0.1, 0.15) is 46.2 Å².